The summed E-state index contributed by atoms with van der Waals surface area (Å²) < 4.78 is 26.7. The van der Waals surface area contributed by atoms with Gasteiger partial charge in [-0.05, 0) is 37.0 Å². The molecule has 1 aliphatic rings. The van der Waals surface area contributed by atoms with Crippen LogP contribution < -0.4 is 5.32 Å². The summed E-state index contributed by atoms with van der Waals surface area (Å²) in [7, 11) is -3.48. The highest BCUT2D eigenvalue weighted by Crippen LogP contribution is 2.21. The van der Waals surface area contributed by atoms with Crippen LogP contribution in [0.2, 0.25) is 0 Å². The Morgan fingerprint density at radius 3 is 2.43 bits per heavy atom. The van der Waals surface area contributed by atoms with E-state index < -0.39 is 10.0 Å². The molecule has 1 saturated heterocycles. The van der Waals surface area contributed by atoms with E-state index in [1.54, 1.807) is 18.2 Å². The van der Waals surface area contributed by atoms with Gasteiger partial charge in [0.2, 0.25) is 15.9 Å². The zero-order valence-corrected chi connectivity index (χ0v) is 14.0. The van der Waals surface area contributed by atoms with E-state index in [0.29, 0.717) is 30.8 Å². The summed E-state index contributed by atoms with van der Waals surface area (Å²) in [6.45, 7) is 2.76. The van der Waals surface area contributed by atoms with Crippen LogP contribution in [0.15, 0.2) is 29.2 Å². The topological polar surface area (TPSA) is 90.3 Å². The lowest BCUT2D eigenvalue weighted by Crippen LogP contribution is -2.46. The van der Waals surface area contributed by atoms with E-state index >= 15 is 0 Å². The van der Waals surface area contributed by atoms with Crippen LogP contribution in [0.3, 0.4) is 0 Å². The van der Waals surface area contributed by atoms with Crippen molar-refractivity contribution < 1.29 is 13.2 Å². The highest BCUT2D eigenvalue weighted by molar-refractivity contribution is 7.89. The molecule has 23 heavy (non-hydrogen) atoms. The molecule has 0 saturated carbocycles. The summed E-state index contributed by atoms with van der Waals surface area (Å²) in [5, 5.41) is 11.2. The Kier molecular flexibility index (Phi) is 5.74. The van der Waals surface area contributed by atoms with Crippen molar-refractivity contribution in [2.24, 2.45) is 0 Å². The molecular weight excluding hydrogens is 314 g/mol. The first-order valence-electron chi connectivity index (χ1n) is 7.72. The van der Waals surface area contributed by atoms with E-state index in [4.69, 9.17) is 5.26 Å². The third kappa shape index (κ3) is 4.30. The van der Waals surface area contributed by atoms with Crippen molar-refractivity contribution in [3.05, 3.63) is 29.8 Å². The molecule has 124 valence electrons. The molecule has 0 unspecified atom stereocenters. The maximum atomic E-state index is 12.6. The number of rotatable bonds is 5. The number of amides is 1. The molecule has 0 aliphatic carbocycles. The van der Waals surface area contributed by atoms with Gasteiger partial charge in [0, 0.05) is 19.1 Å². The number of hydrogen-bond acceptors (Lipinski definition) is 4. The monoisotopic (exact) mass is 335 g/mol. The van der Waals surface area contributed by atoms with Crippen LogP contribution in [0.1, 0.15) is 31.7 Å². The van der Waals surface area contributed by atoms with Crippen LogP contribution >= 0.6 is 0 Å². The maximum Gasteiger partial charge on any atom is 0.243 e. The van der Waals surface area contributed by atoms with E-state index in [9.17, 15) is 13.2 Å². The first-order valence-corrected chi connectivity index (χ1v) is 9.16. The molecular formula is C16H21N3O3S. The molecule has 1 fully saturated rings. The van der Waals surface area contributed by atoms with Gasteiger partial charge in [-0.2, -0.15) is 9.57 Å². The van der Waals surface area contributed by atoms with Gasteiger partial charge in [0.05, 0.1) is 11.0 Å². The normalized spacial score (nSPS) is 16.7. The summed E-state index contributed by atoms with van der Waals surface area (Å²) in [5.74, 6) is -0.302. The fourth-order valence-corrected chi connectivity index (χ4v) is 4.11. The quantitative estimate of drug-likeness (QED) is 0.881. The van der Waals surface area contributed by atoms with Gasteiger partial charge in [-0.1, -0.05) is 19.1 Å². The lowest BCUT2D eigenvalue weighted by molar-refractivity contribution is -0.121. The van der Waals surface area contributed by atoms with Gasteiger partial charge in [0.25, 0.3) is 0 Å². The second-order valence-electron chi connectivity index (χ2n) is 5.58. The number of benzene rings is 1. The van der Waals surface area contributed by atoms with Crippen LogP contribution in [-0.4, -0.2) is 37.8 Å². The van der Waals surface area contributed by atoms with E-state index in [1.807, 2.05) is 19.1 Å². The van der Waals surface area contributed by atoms with Crippen molar-refractivity contribution in [3.8, 4) is 6.07 Å². The molecule has 1 amide bonds. The summed E-state index contributed by atoms with van der Waals surface area (Å²) in [6.07, 6.45) is 1.82. The van der Waals surface area contributed by atoms with Gasteiger partial charge < -0.3 is 5.32 Å². The summed E-state index contributed by atoms with van der Waals surface area (Å²) >= 11 is 0. The third-order valence-corrected chi connectivity index (χ3v) is 5.94. The van der Waals surface area contributed by atoms with Crippen molar-refractivity contribution >= 4 is 15.9 Å². The Bertz CT molecular complexity index is 684. The predicted octanol–water partition coefficient (Wildman–Crippen LogP) is 1.43. The highest BCUT2D eigenvalue weighted by Gasteiger charge is 2.29. The minimum atomic E-state index is -3.48. The lowest BCUT2D eigenvalue weighted by atomic mass is 10.1. The third-order valence-electron chi connectivity index (χ3n) is 4.03. The van der Waals surface area contributed by atoms with E-state index in [-0.39, 0.29) is 18.4 Å². The molecule has 0 spiro atoms. The van der Waals surface area contributed by atoms with Gasteiger partial charge in [-0.3, -0.25) is 4.79 Å². The molecule has 6 nitrogen and oxygen atoms in total. The van der Waals surface area contributed by atoms with E-state index in [2.05, 4.69) is 5.32 Å². The average molecular weight is 335 g/mol. The number of carbonyl (C=O) groups excluding carboxylic acids is 1. The molecule has 0 radical (unpaired) electrons. The van der Waals surface area contributed by atoms with Crippen LogP contribution in [-0.2, 0) is 21.2 Å². The smallest absolute Gasteiger partial charge is 0.243 e. The summed E-state index contributed by atoms with van der Waals surface area (Å²) in [5.41, 5.74) is 1.10. The molecule has 7 heteroatoms. The molecule has 2 rings (SSSR count). The van der Waals surface area contributed by atoms with Crippen molar-refractivity contribution in [2.45, 2.75) is 43.5 Å². The number of aryl methyl sites for hydroxylation is 1. The Labute approximate surface area is 137 Å². The first-order chi connectivity index (χ1) is 11.0. The zero-order valence-electron chi connectivity index (χ0n) is 13.2. The number of carbonyl (C=O) groups is 1. The van der Waals surface area contributed by atoms with Gasteiger partial charge in [-0.25, -0.2) is 8.42 Å². The van der Waals surface area contributed by atoms with Crippen LogP contribution in [0, 0.1) is 11.3 Å². The van der Waals surface area contributed by atoms with Crippen molar-refractivity contribution in [3.63, 3.8) is 0 Å². The molecule has 1 heterocycles. The van der Waals surface area contributed by atoms with Crippen LogP contribution in [0.5, 0.6) is 0 Å². The van der Waals surface area contributed by atoms with Gasteiger partial charge >= 0.3 is 0 Å². The number of sulfonamides is 1. The Balaban J connectivity index is 1.98. The molecule has 0 aromatic heterocycles. The number of piperidine rings is 1. The van der Waals surface area contributed by atoms with E-state index in [0.717, 1.165) is 12.0 Å². The predicted molar refractivity (Wildman–Crippen MR) is 86.0 cm³/mol. The number of nitrogens with zero attached hydrogens (tertiary/aromatic N) is 2. The minimum Gasteiger partial charge on any atom is -0.352 e. The zero-order chi connectivity index (χ0) is 16.9. The van der Waals surface area contributed by atoms with Crippen molar-refractivity contribution in [1.82, 2.24) is 9.62 Å². The molecule has 1 aromatic carbocycles. The summed E-state index contributed by atoms with van der Waals surface area (Å²) in [4.78, 5) is 11.7. The molecule has 0 bridgehead atoms. The fourth-order valence-electron chi connectivity index (χ4n) is 2.64. The van der Waals surface area contributed by atoms with Crippen molar-refractivity contribution in [1.29, 1.82) is 5.26 Å². The second-order valence-corrected chi connectivity index (χ2v) is 7.52. The lowest BCUT2D eigenvalue weighted by Gasteiger charge is -2.31. The van der Waals surface area contributed by atoms with Crippen LogP contribution in [0.25, 0.3) is 0 Å². The van der Waals surface area contributed by atoms with Gasteiger partial charge in [0.1, 0.15) is 6.42 Å². The highest BCUT2D eigenvalue weighted by atomic mass is 32.2. The van der Waals surface area contributed by atoms with Crippen molar-refractivity contribution in [2.75, 3.05) is 13.1 Å². The number of nitriles is 1. The Hall–Kier alpha value is -1.91. The largest absolute Gasteiger partial charge is 0.352 e. The second kappa shape index (κ2) is 7.57. The number of nitrogens with one attached hydrogen (secondary N) is 1. The van der Waals surface area contributed by atoms with Gasteiger partial charge in [0.15, 0.2) is 0 Å². The summed E-state index contributed by atoms with van der Waals surface area (Å²) in [6, 6.07) is 8.70. The van der Waals surface area contributed by atoms with Crippen LogP contribution in [0.4, 0.5) is 0 Å². The minimum absolute atomic E-state index is 0.0650. The first kappa shape index (κ1) is 17.4. The Morgan fingerprint density at radius 2 is 1.91 bits per heavy atom. The average Bonchev–Trinajstić information content (AvgIpc) is 2.55. The maximum absolute atomic E-state index is 12.6. The number of hydrogen-bond donors (Lipinski definition) is 1. The van der Waals surface area contributed by atoms with Gasteiger partial charge in [-0.15, -0.1) is 0 Å². The Morgan fingerprint density at radius 1 is 1.30 bits per heavy atom. The molecule has 1 N–H and O–H groups in total. The molecule has 1 aromatic rings. The molecule has 0 atom stereocenters. The SMILES string of the molecule is CCc1ccc(S(=O)(=O)N2CCC(NC(=O)CC#N)CC2)cc1. The molecule has 1 aliphatic heterocycles. The fraction of sp³-hybridized carbons (Fsp3) is 0.500. The van der Waals surface area contributed by atoms with E-state index in [1.165, 1.54) is 4.31 Å². The standard InChI is InChI=1S/C16H21N3O3S/c1-2-13-3-5-15(6-4-13)23(21,22)19-11-8-14(9-12-19)18-16(20)7-10-17/h3-6,14H,2,7-9,11-12H2,1H3,(H,18,20).